The van der Waals surface area contributed by atoms with Crippen molar-refractivity contribution in [3.63, 3.8) is 0 Å². The molecular weight excluding hydrogens is 344 g/mol. The lowest BCUT2D eigenvalue weighted by atomic mass is 10.2. The van der Waals surface area contributed by atoms with Crippen molar-refractivity contribution >= 4 is 28.4 Å². The van der Waals surface area contributed by atoms with E-state index in [2.05, 4.69) is 9.62 Å². The first kappa shape index (κ1) is 19.7. The van der Waals surface area contributed by atoms with Gasteiger partial charge in [-0.2, -0.15) is 0 Å². The molecule has 1 aliphatic rings. The first-order valence-corrected chi connectivity index (χ1v) is 8.56. The largest absolute Gasteiger partial charge is 0.495 e. The third kappa shape index (κ3) is 5.07. The lowest BCUT2D eigenvalue weighted by molar-refractivity contribution is 0.0696. The number of carboxylic acid groups (broad SMARTS) is 1. The van der Waals surface area contributed by atoms with Crippen LogP contribution in [0.15, 0.2) is 23.1 Å². The van der Waals surface area contributed by atoms with Crippen molar-refractivity contribution in [1.29, 1.82) is 0 Å². The standard InChI is InChI=1S/C14H20N2O5S.ClH/c1-21-12-5-4-11(14(17)18)10-13(12)22(19,20)15-6-9-16-7-2-3-8-16;/h4-5,10,15H,2-3,6-9H2,1H3,(H,17,18);1H. The summed E-state index contributed by atoms with van der Waals surface area (Å²) in [6.07, 6.45) is 2.28. The number of halogens is 1. The van der Waals surface area contributed by atoms with E-state index in [1.807, 2.05) is 0 Å². The van der Waals surface area contributed by atoms with Gasteiger partial charge in [-0.3, -0.25) is 0 Å². The van der Waals surface area contributed by atoms with Gasteiger partial charge in [0.1, 0.15) is 10.6 Å². The van der Waals surface area contributed by atoms with E-state index in [0.717, 1.165) is 32.0 Å². The zero-order valence-corrected chi connectivity index (χ0v) is 14.5. The van der Waals surface area contributed by atoms with E-state index in [4.69, 9.17) is 9.84 Å². The zero-order valence-electron chi connectivity index (χ0n) is 12.8. The number of sulfonamides is 1. The molecule has 1 aromatic rings. The Hall–Kier alpha value is -1.35. The van der Waals surface area contributed by atoms with Crippen molar-refractivity contribution < 1.29 is 23.1 Å². The van der Waals surface area contributed by atoms with Crippen LogP contribution in [0.2, 0.25) is 0 Å². The summed E-state index contributed by atoms with van der Waals surface area (Å²) in [5, 5.41) is 9.00. The van der Waals surface area contributed by atoms with Crippen molar-refractivity contribution in [2.24, 2.45) is 0 Å². The number of aromatic carboxylic acids is 1. The first-order valence-electron chi connectivity index (χ1n) is 7.07. The van der Waals surface area contributed by atoms with Crippen LogP contribution in [-0.2, 0) is 10.0 Å². The van der Waals surface area contributed by atoms with Crippen molar-refractivity contribution in [2.75, 3.05) is 33.3 Å². The Morgan fingerprint density at radius 1 is 1.35 bits per heavy atom. The molecule has 2 rings (SSSR count). The Kier molecular flexibility index (Phi) is 7.27. The number of ether oxygens (including phenoxy) is 1. The summed E-state index contributed by atoms with van der Waals surface area (Å²) < 4.78 is 32.2. The topological polar surface area (TPSA) is 95.9 Å². The highest BCUT2D eigenvalue weighted by Crippen LogP contribution is 2.24. The van der Waals surface area contributed by atoms with Gasteiger partial charge in [0, 0.05) is 13.1 Å². The van der Waals surface area contributed by atoms with Crippen molar-refractivity contribution in [2.45, 2.75) is 17.7 Å². The van der Waals surface area contributed by atoms with Gasteiger partial charge in [-0.05, 0) is 44.1 Å². The SMILES string of the molecule is COc1ccc(C(=O)O)cc1S(=O)(=O)NCCN1CCCC1.Cl. The van der Waals surface area contributed by atoms with Crippen LogP contribution in [0.5, 0.6) is 5.75 Å². The number of likely N-dealkylation sites (tertiary alicyclic amines) is 1. The van der Waals surface area contributed by atoms with Gasteiger partial charge in [-0.1, -0.05) is 0 Å². The number of methoxy groups -OCH3 is 1. The molecule has 7 nitrogen and oxygen atoms in total. The van der Waals surface area contributed by atoms with Crippen LogP contribution in [0.3, 0.4) is 0 Å². The molecule has 23 heavy (non-hydrogen) atoms. The summed E-state index contributed by atoms with van der Waals surface area (Å²) in [4.78, 5) is 13.0. The number of nitrogens with zero attached hydrogens (tertiary/aromatic N) is 1. The van der Waals surface area contributed by atoms with Crippen LogP contribution in [0, 0.1) is 0 Å². The number of rotatable bonds is 7. The summed E-state index contributed by atoms with van der Waals surface area (Å²) >= 11 is 0. The molecule has 0 aromatic heterocycles. The summed E-state index contributed by atoms with van der Waals surface area (Å²) in [7, 11) is -2.47. The smallest absolute Gasteiger partial charge is 0.335 e. The van der Waals surface area contributed by atoms with Crippen LogP contribution in [0.1, 0.15) is 23.2 Å². The lowest BCUT2D eigenvalue weighted by Gasteiger charge is -2.16. The van der Waals surface area contributed by atoms with Crippen LogP contribution in [0.4, 0.5) is 0 Å². The Morgan fingerprint density at radius 2 is 2.00 bits per heavy atom. The highest BCUT2D eigenvalue weighted by molar-refractivity contribution is 7.89. The number of benzene rings is 1. The molecule has 0 aliphatic carbocycles. The maximum Gasteiger partial charge on any atom is 0.335 e. The average molecular weight is 365 g/mol. The van der Waals surface area contributed by atoms with Gasteiger partial charge in [0.05, 0.1) is 12.7 Å². The van der Waals surface area contributed by atoms with E-state index in [9.17, 15) is 13.2 Å². The highest BCUT2D eigenvalue weighted by Gasteiger charge is 2.22. The number of hydrogen-bond donors (Lipinski definition) is 2. The lowest BCUT2D eigenvalue weighted by Crippen LogP contribution is -2.33. The Labute approximate surface area is 142 Å². The molecule has 0 atom stereocenters. The minimum atomic E-state index is -3.82. The fourth-order valence-corrected chi connectivity index (χ4v) is 3.66. The number of carboxylic acids is 1. The molecule has 1 fully saturated rings. The summed E-state index contributed by atoms with van der Waals surface area (Å²) in [5.41, 5.74) is -0.0966. The van der Waals surface area contributed by atoms with Gasteiger partial charge >= 0.3 is 5.97 Å². The summed E-state index contributed by atoms with van der Waals surface area (Å²) in [6, 6.07) is 3.77. The first-order chi connectivity index (χ1) is 10.4. The molecule has 1 aromatic carbocycles. The molecule has 0 spiro atoms. The Bertz CT molecular complexity index is 645. The third-order valence-electron chi connectivity index (χ3n) is 3.62. The van der Waals surface area contributed by atoms with Crippen molar-refractivity contribution in [1.82, 2.24) is 9.62 Å². The average Bonchev–Trinajstić information content (AvgIpc) is 2.99. The van der Waals surface area contributed by atoms with Gasteiger partial charge in [0.2, 0.25) is 10.0 Å². The normalized spacial score (nSPS) is 15.2. The molecule has 0 bridgehead atoms. The molecule has 0 radical (unpaired) electrons. The highest BCUT2D eigenvalue weighted by atomic mass is 35.5. The molecular formula is C14H21ClN2O5S. The maximum atomic E-state index is 12.4. The monoisotopic (exact) mass is 364 g/mol. The number of hydrogen-bond acceptors (Lipinski definition) is 5. The van der Waals surface area contributed by atoms with Gasteiger partial charge in [0.25, 0.3) is 0 Å². The second-order valence-electron chi connectivity index (χ2n) is 5.12. The summed E-state index contributed by atoms with van der Waals surface area (Å²) in [6.45, 7) is 2.89. The Balaban J connectivity index is 0.00000264. The molecule has 0 amide bonds. The van der Waals surface area contributed by atoms with Crippen molar-refractivity contribution in [3.8, 4) is 5.75 Å². The zero-order chi connectivity index (χ0) is 16.2. The van der Waals surface area contributed by atoms with E-state index in [0.29, 0.717) is 6.54 Å². The van der Waals surface area contributed by atoms with E-state index in [1.54, 1.807) is 0 Å². The minimum Gasteiger partial charge on any atom is -0.495 e. The molecule has 1 heterocycles. The number of carbonyl (C=O) groups is 1. The predicted octanol–water partition coefficient (Wildman–Crippen LogP) is 1.19. The van der Waals surface area contributed by atoms with Gasteiger partial charge in [-0.25, -0.2) is 17.9 Å². The van der Waals surface area contributed by atoms with E-state index in [-0.39, 0.29) is 35.2 Å². The second kappa shape index (κ2) is 8.49. The minimum absolute atomic E-state index is 0. The quantitative estimate of drug-likeness (QED) is 0.754. The van der Waals surface area contributed by atoms with Crippen LogP contribution in [0.25, 0.3) is 0 Å². The molecule has 2 N–H and O–H groups in total. The summed E-state index contributed by atoms with van der Waals surface area (Å²) in [5.74, 6) is -1.06. The molecule has 0 unspecified atom stereocenters. The van der Waals surface area contributed by atoms with E-state index in [1.165, 1.54) is 19.2 Å². The molecule has 1 aliphatic heterocycles. The molecule has 1 saturated heterocycles. The van der Waals surface area contributed by atoms with E-state index >= 15 is 0 Å². The maximum absolute atomic E-state index is 12.4. The molecule has 9 heteroatoms. The van der Waals surface area contributed by atoms with Gasteiger partial charge in [0.15, 0.2) is 0 Å². The Morgan fingerprint density at radius 3 is 2.57 bits per heavy atom. The number of nitrogens with one attached hydrogen (secondary N) is 1. The molecule has 130 valence electrons. The second-order valence-corrected chi connectivity index (χ2v) is 6.85. The predicted molar refractivity (Wildman–Crippen MR) is 88.1 cm³/mol. The third-order valence-corrected chi connectivity index (χ3v) is 5.10. The van der Waals surface area contributed by atoms with Gasteiger partial charge in [-0.15, -0.1) is 12.4 Å². The van der Waals surface area contributed by atoms with Gasteiger partial charge < -0.3 is 14.7 Å². The van der Waals surface area contributed by atoms with Crippen molar-refractivity contribution in [3.05, 3.63) is 23.8 Å². The van der Waals surface area contributed by atoms with E-state index < -0.39 is 16.0 Å². The van der Waals surface area contributed by atoms with Crippen LogP contribution >= 0.6 is 12.4 Å². The fourth-order valence-electron chi connectivity index (χ4n) is 2.44. The fraction of sp³-hybridized carbons (Fsp3) is 0.500. The molecule has 0 saturated carbocycles. The van der Waals surface area contributed by atoms with Crippen LogP contribution < -0.4 is 9.46 Å². The van der Waals surface area contributed by atoms with Crippen LogP contribution in [-0.4, -0.2) is 57.7 Å².